The number of hydrogen-bond donors (Lipinski definition) is 0. The third-order valence-corrected chi connectivity index (χ3v) is 2.45. The van der Waals surface area contributed by atoms with Crippen LogP contribution in [0.1, 0.15) is 18.9 Å². The van der Waals surface area contributed by atoms with E-state index in [-0.39, 0.29) is 6.23 Å². The summed E-state index contributed by atoms with van der Waals surface area (Å²) in [5.74, 6) is 0.972. The van der Waals surface area contributed by atoms with Gasteiger partial charge in [-0.3, -0.25) is 0 Å². The summed E-state index contributed by atoms with van der Waals surface area (Å²) in [6.45, 7) is 2.13. The van der Waals surface area contributed by atoms with E-state index < -0.39 is 0 Å². The number of benzene rings is 1. The summed E-state index contributed by atoms with van der Waals surface area (Å²) in [6, 6.07) is 10.2. The van der Waals surface area contributed by atoms with Crippen molar-refractivity contribution in [1.29, 1.82) is 0 Å². The van der Waals surface area contributed by atoms with Gasteiger partial charge in [-0.05, 0) is 0 Å². The second-order valence-corrected chi connectivity index (χ2v) is 3.51. The molecule has 1 unspecified atom stereocenters. The Morgan fingerprint density at radius 1 is 1.29 bits per heavy atom. The van der Waals surface area contributed by atoms with Crippen molar-refractivity contribution in [3.63, 3.8) is 0 Å². The maximum atomic E-state index is 5.80. The normalized spacial score (nSPS) is 20.6. The first-order chi connectivity index (χ1) is 6.81. The van der Waals surface area contributed by atoms with Crippen LogP contribution in [0.4, 0.5) is 0 Å². The Bertz CT molecular complexity index is 331. The Labute approximate surface area is 84.8 Å². The minimum atomic E-state index is 0.199. The van der Waals surface area contributed by atoms with Crippen molar-refractivity contribution in [3.8, 4) is 0 Å². The van der Waals surface area contributed by atoms with Gasteiger partial charge >= 0.3 is 0 Å². The summed E-state index contributed by atoms with van der Waals surface area (Å²) >= 11 is 0. The lowest BCUT2D eigenvalue weighted by Gasteiger charge is -2.17. The van der Waals surface area contributed by atoms with Crippen molar-refractivity contribution in [2.75, 3.05) is 7.05 Å². The summed E-state index contributed by atoms with van der Waals surface area (Å²) in [6.07, 6.45) is 3.26. The van der Waals surface area contributed by atoms with Crippen LogP contribution in [-0.2, 0) is 4.74 Å². The standard InChI is InChI=1S/C12H15NO/c1-3-12-13(2)9-11(14-12)10-7-5-4-6-8-10/h4-9,12H,3H2,1-2H3. The van der Waals surface area contributed by atoms with Gasteiger partial charge in [0.15, 0.2) is 6.23 Å². The van der Waals surface area contributed by atoms with Gasteiger partial charge in [0.05, 0.1) is 0 Å². The molecule has 2 rings (SSSR count). The average molecular weight is 189 g/mol. The van der Waals surface area contributed by atoms with Gasteiger partial charge in [0.1, 0.15) is 5.76 Å². The molecule has 0 saturated heterocycles. The van der Waals surface area contributed by atoms with E-state index in [4.69, 9.17) is 4.74 Å². The van der Waals surface area contributed by atoms with Crippen molar-refractivity contribution in [3.05, 3.63) is 42.1 Å². The zero-order chi connectivity index (χ0) is 9.97. The summed E-state index contributed by atoms with van der Waals surface area (Å²) in [5.41, 5.74) is 1.15. The van der Waals surface area contributed by atoms with Gasteiger partial charge in [0.2, 0.25) is 0 Å². The van der Waals surface area contributed by atoms with Crippen LogP contribution >= 0.6 is 0 Å². The SMILES string of the molecule is CCC1OC(c2ccccc2)=CN1C. The molecule has 1 aromatic rings. The van der Waals surface area contributed by atoms with E-state index in [1.165, 1.54) is 0 Å². The molecule has 1 heterocycles. The minimum Gasteiger partial charge on any atom is -0.468 e. The van der Waals surface area contributed by atoms with Gasteiger partial charge < -0.3 is 9.64 Å². The van der Waals surface area contributed by atoms with E-state index in [1.54, 1.807) is 0 Å². The first kappa shape index (κ1) is 9.13. The van der Waals surface area contributed by atoms with Gasteiger partial charge in [0.25, 0.3) is 0 Å². The molecular weight excluding hydrogens is 174 g/mol. The fraction of sp³-hybridized carbons (Fsp3) is 0.333. The lowest BCUT2D eigenvalue weighted by Crippen LogP contribution is -2.22. The molecule has 2 nitrogen and oxygen atoms in total. The van der Waals surface area contributed by atoms with Gasteiger partial charge in [-0.15, -0.1) is 0 Å². The number of rotatable bonds is 2. The third-order valence-electron chi connectivity index (χ3n) is 2.45. The predicted molar refractivity (Wildman–Crippen MR) is 57.3 cm³/mol. The van der Waals surface area contributed by atoms with E-state index in [1.807, 2.05) is 25.2 Å². The van der Waals surface area contributed by atoms with E-state index in [0.717, 1.165) is 17.7 Å². The number of nitrogens with zero attached hydrogens (tertiary/aromatic N) is 1. The van der Waals surface area contributed by atoms with E-state index >= 15 is 0 Å². The van der Waals surface area contributed by atoms with Crippen LogP contribution in [0.2, 0.25) is 0 Å². The first-order valence-electron chi connectivity index (χ1n) is 4.97. The van der Waals surface area contributed by atoms with Crippen LogP contribution in [0.15, 0.2) is 36.5 Å². The van der Waals surface area contributed by atoms with Crippen molar-refractivity contribution in [2.45, 2.75) is 19.6 Å². The smallest absolute Gasteiger partial charge is 0.171 e. The summed E-state index contributed by atoms with van der Waals surface area (Å²) in [5, 5.41) is 0. The molecule has 0 fully saturated rings. The molecule has 0 radical (unpaired) electrons. The number of ether oxygens (including phenoxy) is 1. The molecule has 0 amide bonds. The quantitative estimate of drug-likeness (QED) is 0.709. The highest BCUT2D eigenvalue weighted by molar-refractivity contribution is 5.60. The molecule has 1 aliphatic rings. The van der Waals surface area contributed by atoms with Crippen LogP contribution in [0.3, 0.4) is 0 Å². The lowest BCUT2D eigenvalue weighted by molar-refractivity contribution is 0.0820. The Kier molecular flexibility index (Phi) is 2.44. The fourth-order valence-electron chi connectivity index (χ4n) is 1.64. The highest BCUT2D eigenvalue weighted by Crippen LogP contribution is 2.26. The van der Waals surface area contributed by atoms with Crippen molar-refractivity contribution in [1.82, 2.24) is 4.90 Å². The van der Waals surface area contributed by atoms with Gasteiger partial charge in [0, 0.05) is 25.2 Å². The minimum absolute atomic E-state index is 0.199. The predicted octanol–water partition coefficient (Wildman–Crippen LogP) is 2.68. The van der Waals surface area contributed by atoms with E-state index in [2.05, 4.69) is 30.2 Å². The molecule has 0 spiro atoms. The summed E-state index contributed by atoms with van der Waals surface area (Å²) in [4.78, 5) is 2.11. The average Bonchev–Trinajstić information content (AvgIpc) is 2.61. The molecule has 1 aromatic carbocycles. The highest BCUT2D eigenvalue weighted by Gasteiger charge is 2.21. The molecule has 1 atom stereocenters. The molecule has 0 aliphatic carbocycles. The molecule has 74 valence electrons. The molecule has 1 aliphatic heterocycles. The van der Waals surface area contributed by atoms with E-state index in [9.17, 15) is 0 Å². The zero-order valence-corrected chi connectivity index (χ0v) is 8.60. The highest BCUT2D eigenvalue weighted by atomic mass is 16.5. The molecular formula is C12H15NO. The van der Waals surface area contributed by atoms with Crippen molar-refractivity contribution >= 4 is 5.76 Å². The van der Waals surface area contributed by atoms with Gasteiger partial charge in [-0.2, -0.15) is 0 Å². The van der Waals surface area contributed by atoms with Gasteiger partial charge in [-0.25, -0.2) is 0 Å². The largest absolute Gasteiger partial charge is 0.468 e. The van der Waals surface area contributed by atoms with Crippen LogP contribution < -0.4 is 0 Å². The van der Waals surface area contributed by atoms with Crippen LogP contribution in [-0.4, -0.2) is 18.2 Å². The van der Waals surface area contributed by atoms with Crippen molar-refractivity contribution < 1.29 is 4.74 Å². The number of hydrogen-bond acceptors (Lipinski definition) is 2. The lowest BCUT2D eigenvalue weighted by atomic mass is 10.2. The topological polar surface area (TPSA) is 12.5 Å². The maximum absolute atomic E-state index is 5.80. The van der Waals surface area contributed by atoms with Crippen LogP contribution in [0.5, 0.6) is 0 Å². The summed E-state index contributed by atoms with van der Waals surface area (Å²) in [7, 11) is 2.05. The van der Waals surface area contributed by atoms with Crippen LogP contribution in [0, 0.1) is 0 Å². The third kappa shape index (κ3) is 1.60. The molecule has 14 heavy (non-hydrogen) atoms. The van der Waals surface area contributed by atoms with E-state index in [0.29, 0.717) is 0 Å². The first-order valence-corrected chi connectivity index (χ1v) is 4.97. The Morgan fingerprint density at radius 3 is 2.57 bits per heavy atom. The molecule has 0 N–H and O–H groups in total. The second-order valence-electron chi connectivity index (χ2n) is 3.51. The van der Waals surface area contributed by atoms with Crippen LogP contribution in [0.25, 0.3) is 5.76 Å². The Morgan fingerprint density at radius 2 is 2.00 bits per heavy atom. The summed E-state index contributed by atoms with van der Waals surface area (Å²) < 4.78 is 5.80. The monoisotopic (exact) mass is 189 g/mol. The second kappa shape index (κ2) is 3.74. The Balaban J connectivity index is 2.19. The zero-order valence-electron chi connectivity index (χ0n) is 8.60. The molecule has 0 aromatic heterocycles. The maximum Gasteiger partial charge on any atom is 0.171 e. The van der Waals surface area contributed by atoms with Crippen molar-refractivity contribution in [2.24, 2.45) is 0 Å². The molecule has 0 bridgehead atoms. The molecule has 0 saturated carbocycles. The fourth-order valence-corrected chi connectivity index (χ4v) is 1.64. The van der Waals surface area contributed by atoms with Gasteiger partial charge in [-0.1, -0.05) is 37.3 Å². The molecule has 2 heteroatoms. The Hall–Kier alpha value is -1.44.